The van der Waals surface area contributed by atoms with Gasteiger partial charge in [-0.3, -0.25) is 4.79 Å². The Labute approximate surface area is 144 Å². The molecule has 1 N–H and O–H groups in total. The predicted molar refractivity (Wildman–Crippen MR) is 99.8 cm³/mol. The van der Waals surface area contributed by atoms with Crippen LogP contribution in [0.15, 0.2) is 82.0 Å². The molecule has 3 heteroatoms. The number of benzene rings is 3. The predicted octanol–water partition coefficient (Wildman–Crippen LogP) is 5.14. The van der Waals surface area contributed by atoms with Gasteiger partial charge in [-0.2, -0.15) is 0 Å². The molecule has 3 aromatic carbocycles. The van der Waals surface area contributed by atoms with Crippen LogP contribution < -0.4 is 5.43 Å². The lowest BCUT2D eigenvalue weighted by Gasteiger charge is -2.12. The maximum Gasteiger partial charge on any atom is 0.201 e. The van der Waals surface area contributed by atoms with E-state index in [0.29, 0.717) is 22.3 Å². The molecule has 0 amide bonds. The fourth-order valence-corrected chi connectivity index (χ4v) is 3.07. The molecular formula is C22H16O3. The average Bonchev–Trinajstić information content (AvgIpc) is 2.62. The smallest absolute Gasteiger partial charge is 0.201 e. The molecule has 4 rings (SSSR count). The highest BCUT2D eigenvalue weighted by atomic mass is 16.3. The first-order valence-corrected chi connectivity index (χ1v) is 8.06. The van der Waals surface area contributed by atoms with E-state index in [4.69, 9.17) is 4.42 Å². The van der Waals surface area contributed by atoms with Crippen molar-refractivity contribution in [3.63, 3.8) is 0 Å². The summed E-state index contributed by atoms with van der Waals surface area (Å²) in [6.45, 7) is 1.98. The van der Waals surface area contributed by atoms with Crippen LogP contribution in [0.5, 0.6) is 5.75 Å². The lowest BCUT2D eigenvalue weighted by Crippen LogP contribution is -2.07. The first kappa shape index (κ1) is 15.2. The highest BCUT2D eigenvalue weighted by molar-refractivity contribution is 5.90. The summed E-state index contributed by atoms with van der Waals surface area (Å²) in [5, 5.41) is 10.2. The van der Waals surface area contributed by atoms with Gasteiger partial charge in [-0.05, 0) is 30.2 Å². The molecule has 0 aliphatic carbocycles. The Balaban J connectivity index is 2.16. The fourth-order valence-electron chi connectivity index (χ4n) is 3.07. The fraction of sp³-hybridized carbons (Fsp3) is 0.0455. The van der Waals surface area contributed by atoms with Gasteiger partial charge < -0.3 is 9.52 Å². The largest absolute Gasteiger partial charge is 0.508 e. The molecule has 3 nitrogen and oxygen atoms in total. The lowest BCUT2D eigenvalue weighted by atomic mass is 9.96. The minimum absolute atomic E-state index is 0.0684. The monoisotopic (exact) mass is 328 g/mol. The Kier molecular flexibility index (Phi) is 3.62. The molecule has 25 heavy (non-hydrogen) atoms. The number of aromatic hydroxyl groups is 1. The minimum atomic E-state index is -0.106. The molecule has 0 radical (unpaired) electrons. The maximum absolute atomic E-state index is 13.2. The molecule has 4 aromatic rings. The van der Waals surface area contributed by atoms with Crippen molar-refractivity contribution in [1.29, 1.82) is 0 Å². The van der Waals surface area contributed by atoms with Crippen molar-refractivity contribution >= 4 is 11.0 Å². The summed E-state index contributed by atoms with van der Waals surface area (Å²) in [5.41, 5.74) is 3.50. The van der Waals surface area contributed by atoms with E-state index >= 15 is 0 Å². The summed E-state index contributed by atoms with van der Waals surface area (Å²) in [4.78, 5) is 13.2. The summed E-state index contributed by atoms with van der Waals surface area (Å²) >= 11 is 0. The van der Waals surface area contributed by atoms with Crippen LogP contribution in [-0.2, 0) is 0 Å². The third-order valence-electron chi connectivity index (χ3n) is 4.33. The normalized spacial score (nSPS) is 10.9. The van der Waals surface area contributed by atoms with Crippen molar-refractivity contribution in [2.45, 2.75) is 6.92 Å². The van der Waals surface area contributed by atoms with Crippen LogP contribution in [-0.4, -0.2) is 5.11 Å². The Morgan fingerprint density at radius 1 is 0.880 bits per heavy atom. The quantitative estimate of drug-likeness (QED) is 0.554. The molecular weight excluding hydrogens is 312 g/mol. The van der Waals surface area contributed by atoms with Crippen LogP contribution in [0.3, 0.4) is 0 Å². The van der Waals surface area contributed by atoms with Crippen LogP contribution in [0.1, 0.15) is 5.56 Å². The van der Waals surface area contributed by atoms with E-state index in [1.54, 1.807) is 6.07 Å². The molecule has 0 aliphatic heterocycles. The highest BCUT2D eigenvalue weighted by Crippen LogP contribution is 2.34. The minimum Gasteiger partial charge on any atom is -0.508 e. The average molecular weight is 328 g/mol. The van der Waals surface area contributed by atoms with Crippen molar-refractivity contribution < 1.29 is 9.52 Å². The zero-order chi connectivity index (χ0) is 17.4. The SMILES string of the molecule is Cc1ccccc1-c1oc2cc(O)ccc2c(=O)c1-c1ccccc1. The van der Waals surface area contributed by atoms with Gasteiger partial charge in [-0.25, -0.2) is 0 Å². The first-order valence-electron chi connectivity index (χ1n) is 8.06. The molecule has 0 aliphatic rings. The van der Waals surface area contributed by atoms with Gasteiger partial charge in [0.25, 0.3) is 0 Å². The molecule has 0 saturated heterocycles. The molecule has 1 heterocycles. The third-order valence-corrected chi connectivity index (χ3v) is 4.33. The Bertz CT molecular complexity index is 1130. The lowest BCUT2D eigenvalue weighted by molar-refractivity contribution is 0.474. The van der Waals surface area contributed by atoms with Crippen molar-refractivity contribution in [2.24, 2.45) is 0 Å². The van der Waals surface area contributed by atoms with Gasteiger partial charge >= 0.3 is 0 Å². The van der Waals surface area contributed by atoms with Gasteiger partial charge in [0.15, 0.2) is 0 Å². The summed E-state index contributed by atoms with van der Waals surface area (Å²) < 4.78 is 6.12. The van der Waals surface area contributed by atoms with Crippen LogP contribution in [0.2, 0.25) is 0 Å². The zero-order valence-electron chi connectivity index (χ0n) is 13.7. The number of phenols is 1. The molecule has 0 bridgehead atoms. The standard InChI is InChI=1S/C22H16O3/c1-14-7-5-6-10-17(14)22-20(15-8-3-2-4-9-15)21(24)18-12-11-16(23)13-19(18)25-22/h2-13,23H,1H3. The topological polar surface area (TPSA) is 50.4 Å². The van der Waals surface area contributed by atoms with Gasteiger partial charge in [0.2, 0.25) is 5.43 Å². The molecule has 1 aromatic heterocycles. The van der Waals surface area contributed by atoms with Crippen LogP contribution in [0.25, 0.3) is 33.4 Å². The number of aryl methyl sites for hydroxylation is 1. The molecule has 122 valence electrons. The van der Waals surface area contributed by atoms with Gasteiger partial charge in [-0.15, -0.1) is 0 Å². The molecule has 0 saturated carbocycles. The molecule has 0 atom stereocenters. The summed E-state index contributed by atoms with van der Waals surface area (Å²) in [6.07, 6.45) is 0. The van der Waals surface area contributed by atoms with Gasteiger partial charge in [0.05, 0.1) is 10.9 Å². The highest BCUT2D eigenvalue weighted by Gasteiger charge is 2.19. The number of hydrogen-bond donors (Lipinski definition) is 1. The molecule has 0 unspecified atom stereocenters. The second-order valence-electron chi connectivity index (χ2n) is 6.00. The van der Waals surface area contributed by atoms with Crippen LogP contribution >= 0.6 is 0 Å². The first-order chi connectivity index (χ1) is 12.1. The van der Waals surface area contributed by atoms with Crippen molar-refractivity contribution in [3.8, 4) is 28.2 Å². The number of fused-ring (bicyclic) bond motifs is 1. The van der Waals surface area contributed by atoms with Crippen molar-refractivity contribution in [1.82, 2.24) is 0 Å². The summed E-state index contributed by atoms with van der Waals surface area (Å²) in [5.74, 6) is 0.589. The molecule has 0 fully saturated rings. The van der Waals surface area contributed by atoms with E-state index in [9.17, 15) is 9.90 Å². The van der Waals surface area contributed by atoms with Gasteiger partial charge in [-0.1, -0.05) is 54.6 Å². The van der Waals surface area contributed by atoms with E-state index in [-0.39, 0.29) is 11.2 Å². The van der Waals surface area contributed by atoms with E-state index in [1.807, 2.05) is 61.5 Å². The maximum atomic E-state index is 13.2. The van der Waals surface area contributed by atoms with Crippen molar-refractivity contribution in [2.75, 3.05) is 0 Å². The molecule has 0 spiro atoms. The summed E-state index contributed by atoms with van der Waals surface area (Å²) in [6, 6.07) is 21.9. The third kappa shape index (κ3) is 2.60. The van der Waals surface area contributed by atoms with Gasteiger partial charge in [0.1, 0.15) is 17.1 Å². The van der Waals surface area contributed by atoms with Gasteiger partial charge in [0, 0.05) is 11.6 Å². The van der Waals surface area contributed by atoms with E-state index in [2.05, 4.69) is 0 Å². The number of rotatable bonds is 2. The van der Waals surface area contributed by atoms with Crippen LogP contribution in [0.4, 0.5) is 0 Å². The Hall–Kier alpha value is -3.33. The van der Waals surface area contributed by atoms with E-state index < -0.39 is 0 Å². The van der Waals surface area contributed by atoms with Crippen LogP contribution in [0, 0.1) is 6.92 Å². The number of hydrogen-bond acceptors (Lipinski definition) is 3. The van der Waals surface area contributed by atoms with Crippen molar-refractivity contribution in [3.05, 3.63) is 88.6 Å². The Morgan fingerprint density at radius 2 is 1.60 bits per heavy atom. The number of phenolic OH excluding ortho intramolecular Hbond substituents is 1. The van der Waals surface area contributed by atoms with E-state index in [1.165, 1.54) is 12.1 Å². The van der Waals surface area contributed by atoms with E-state index in [0.717, 1.165) is 16.7 Å². The Morgan fingerprint density at radius 3 is 2.36 bits per heavy atom. The summed E-state index contributed by atoms with van der Waals surface area (Å²) in [7, 11) is 0. The zero-order valence-corrected chi connectivity index (χ0v) is 13.7. The second kappa shape index (κ2) is 5.95. The second-order valence-corrected chi connectivity index (χ2v) is 6.00.